The molecule has 2 atom stereocenters. The number of ketones is 1. The van der Waals surface area contributed by atoms with Gasteiger partial charge in [-0.1, -0.05) is 71.9 Å². The molecule has 1 aliphatic rings. The highest BCUT2D eigenvalue weighted by atomic mass is 16.5. The van der Waals surface area contributed by atoms with Crippen molar-refractivity contribution in [3.8, 4) is 5.75 Å². The van der Waals surface area contributed by atoms with Gasteiger partial charge in [0.2, 0.25) is 0 Å². The fourth-order valence-electron chi connectivity index (χ4n) is 4.98. The van der Waals surface area contributed by atoms with E-state index in [9.17, 15) is 9.90 Å². The Hall–Kier alpha value is -2.66. The van der Waals surface area contributed by atoms with E-state index in [1.165, 1.54) is 5.56 Å². The third-order valence-corrected chi connectivity index (χ3v) is 7.13. The summed E-state index contributed by atoms with van der Waals surface area (Å²) in [6.07, 6.45) is 0.754. The van der Waals surface area contributed by atoms with Crippen LogP contribution < -0.4 is 0 Å². The lowest BCUT2D eigenvalue weighted by molar-refractivity contribution is -0.0258. The normalized spacial score (nSPS) is 18.9. The van der Waals surface area contributed by atoms with Crippen LogP contribution in [0.25, 0.3) is 0 Å². The van der Waals surface area contributed by atoms with E-state index < -0.39 is 0 Å². The number of amidine groups is 1. The molecule has 0 bridgehead atoms. The van der Waals surface area contributed by atoms with Crippen LogP contribution in [0.4, 0.5) is 0 Å². The monoisotopic (exact) mass is 506 g/mol. The molecule has 0 amide bonds. The van der Waals surface area contributed by atoms with Crippen molar-refractivity contribution in [3.05, 3.63) is 64.7 Å². The Kier molecular flexibility index (Phi) is 8.28. The van der Waals surface area contributed by atoms with E-state index >= 15 is 0 Å². The Labute approximate surface area is 223 Å². The smallest absolute Gasteiger partial charge is 0.182 e. The number of Topliss-reactive ketones (excluding diaryl/α,β-unsaturated/α-hetero) is 1. The number of likely N-dealkylation sites (tertiary alicyclic amines) is 1. The second kappa shape index (κ2) is 10.6. The minimum Gasteiger partial charge on any atom is -0.507 e. The van der Waals surface area contributed by atoms with Crippen LogP contribution in [0.1, 0.15) is 89.4 Å². The fraction of sp³-hybridized carbons (Fsp3) is 0.562. The molecule has 3 rings (SSSR count). The molecule has 2 aromatic rings. The van der Waals surface area contributed by atoms with Crippen LogP contribution in [-0.4, -0.2) is 46.9 Å². The quantitative estimate of drug-likeness (QED) is 0.407. The number of rotatable bonds is 7. The van der Waals surface area contributed by atoms with Crippen molar-refractivity contribution in [3.63, 3.8) is 0 Å². The zero-order chi connectivity index (χ0) is 27.8. The standard InChI is InChI=1S/C32H46N2O3/c1-30(2,3)25-16-22(17-26(28(25)36)31(4,5)6)27(35)19-34-18-23(20-37-32(7,8)9)24(29(34)33)15-21-13-11-10-12-14-21/h10-14,16-17,23-24,33,36H,15,18-20H2,1-9H3/t23-,24-/m1/s1. The third kappa shape index (κ3) is 7.22. The number of hydrogen-bond acceptors (Lipinski definition) is 4. The molecule has 0 radical (unpaired) electrons. The van der Waals surface area contributed by atoms with Crippen LogP contribution in [0.3, 0.4) is 0 Å². The summed E-state index contributed by atoms with van der Waals surface area (Å²) in [6, 6.07) is 13.9. The largest absolute Gasteiger partial charge is 0.507 e. The maximum atomic E-state index is 13.7. The maximum Gasteiger partial charge on any atom is 0.182 e. The van der Waals surface area contributed by atoms with Gasteiger partial charge in [-0.25, -0.2) is 0 Å². The number of phenolic OH excluding ortho intramolecular Hbond substituents is 1. The first-order chi connectivity index (χ1) is 17.0. The average Bonchev–Trinajstić information content (AvgIpc) is 3.05. The molecule has 1 heterocycles. The highest BCUT2D eigenvalue weighted by Crippen LogP contribution is 2.40. The molecule has 37 heavy (non-hydrogen) atoms. The minimum atomic E-state index is -0.309. The van der Waals surface area contributed by atoms with E-state index in [4.69, 9.17) is 10.1 Å². The van der Waals surface area contributed by atoms with Gasteiger partial charge < -0.3 is 14.7 Å². The van der Waals surface area contributed by atoms with Gasteiger partial charge in [-0.15, -0.1) is 0 Å². The molecule has 2 N–H and O–H groups in total. The van der Waals surface area contributed by atoms with Crippen molar-refractivity contribution in [2.75, 3.05) is 19.7 Å². The van der Waals surface area contributed by atoms with Crippen molar-refractivity contribution in [2.24, 2.45) is 11.8 Å². The van der Waals surface area contributed by atoms with E-state index in [1.807, 2.05) is 97.5 Å². The highest BCUT2D eigenvalue weighted by Gasteiger charge is 2.39. The Morgan fingerprint density at radius 1 is 0.973 bits per heavy atom. The molecular formula is C32H46N2O3. The Balaban J connectivity index is 1.89. The summed E-state index contributed by atoms with van der Waals surface area (Å²) in [5.74, 6) is 0.873. The number of carbonyl (C=O) groups excluding carboxylic acids is 1. The van der Waals surface area contributed by atoms with Gasteiger partial charge in [-0.2, -0.15) is 0 Å². The topological polar surface area (TPSA) is 73.6 Å². The number of carbonyl (C=O) groups is 1. The van der Waals surface area contributed by atoms with Gasteiger partial charge in [0.15, 0.2) is 5.78 Å². The highest BCUT2D eigenvalue weighted by molar-refractivity contribution is 6.01. The van der Waals surface area contributed by atoms with Crippen molar-refractivity contribution in [1.29, 1.82) is 5.41 Å². The maximum absolute atomic E-state index is 13.7. The number of nitrogens with one attached hydrogen (secondary N) is 1. The molecule has 0 aromatic heterocycles. The van der Waals surface area contributed by atoms with Gasteiger partial charge in [-0.05, 0) is 55.7 Å². The van der Waals surface area contributed by atoms with Crippen LogP contribution in [0.2, 0.25) is 0 Å². The molecule has 0 aliphatic carbocycles. The second-order valence-corrected chi connectivity index (χ2v) is 13.6. The van der Waals surface area contributed by atoms with Crippen molar-refractivity contribution in [2.45, 2.75) is 85.2 Å². The molecule has 1 saturated heterocycles. The number of nitrogens with zero attached hydrogens (tertiary/aromatic N) is 1. The summed E-state index contributed by atoms with van der Waals surface area (Å²) >= 11 is 0. The average molecular weight is 507 g/mol. The van der Waals surface area contributed by atoms with Crippen LogP contribution in [0, 0.1) is 17.2 Å². The molecule has 1 aliphatic heterocycles. The summed E-state index contributed by atoms with van der Waals surface area (Å²) in [4.78, 5) is 15.6. The van der Waals surface area contributed by atoms with Gasteiger partial charge >= 0.3 is 0 Å². The van der Waals surface area contributed by atoms with E-state index in [0.29, 0.717) is 24.6 Å². The molecular weight excluding hydrogens is 460 g/mol. The molecule has 202 valence electrons. The van der Waals surface area contributed by atoms with Gasteiger partial charge in [0.05, 0.1) is 18.8 Å². The van der Waals surface area contributed by atoms with Crippen LogP contribution in [0.15, 0.2) is 42.5 Å². The third-order valence-electron chi connectivity index (χ3n) is 7.13. The Morgan fingerprint density at radius 2 is 1.51 bits per heavy atom. The summed E-state index contributed by atoms with van der Waals surface area (Å²) in [7, 11) is 0. The van der Waals surface area contributed by atoms with Crippen molar-refractivity contribution >= 4 is 11.6 Å². The van der Waals surface area contributed by atoms with Gasteiger partial charge in [0.1, 0.15) is 11.6 Å². The summed E-state index contributed by atoms with van der Waals surface area (Å²) in [5.41, 5.74) is 2.45. The summed E-state index contributed by atoms with van der Waals surface area (Å²) < 4.78 is 6.15. The van der Waals surface area contributed by atoms with Crippen LogP contribution >= 0.6 is 0 Å². The van der Waals surface area contributed by atoms with Crippen LogP contribution in [0.5, 0.6) is 5.75 Å². The first kappa shape index (κ1) is 28.9. The lowest BCUT2D eigenvalue weighted by atomic mass is 9.78. The van der Waals surface area contributed by atoms with Gasteiger partial charge in [0, 0.05) is 35.1 Å². The number of hydrogen-bond donors (Lipinski definition) is 2. The SMILES string of the molecule is CC(C)(C)OC[C@H]1CN(CC(=O)c2cc(C(C)(C)C)c(O)c(C(C)(C)C)c2)C(=N)[C@@H]1Cc1ccccc1. The first-order valence-corrected chi connectivity index (χ1v) is 13.4. The first-order valence-electron chi connectivity index (χ1n) is 13.4. The molecule has 1 fully saturated rings. The zero-order valence-corrected chi connectivity index (χ0v) is 24.2. The summed E-state index contributed by atoms with van der Waals surface area (Å²) in [5, 5.41) is 20.1. The number of ether oxygens (including phenoxy) is 1. The summed E-state index contributed by atoms with van der Waals surface area (Å²) in [6.45, 7) is 19.7. The predicted octanol–water partition coefficient (Wildman–Crippen LogP) is 6.75. The van der Waals surface area contributed by atoms with E-state index in [2.05, 4.69) is 12.1 Å². The molecule has 2 aromatic carbocycles. The molecule has 0 saturated carbocycles. The van der Waals surface area contributed by atoms with Crippen molar-refractivity contribution in [1.82, 2.24) is 4.90 Å². The molecule has 5 heteroatoms. The van der Waals surface area contributed by atoms with E-state index in [1.54, 1.807) is 0 Å². The van der Waals surface area contributed by atoms with Gasteiger partial charge in [-0.3, -0.25) is 10.2 Å². The van der Waals surface area contributed by atoms with Gasteiger partial charge in [0.25, 0.3) is 0 Å². The molecule has 5 nitrogen and oxygen atoms in total. The lowest BCUT2D eigenvalue weighted by Gasteiger charge is -2.28. The zero-order valence-electron chi connectivity index (χ0n) is 24.2. The van der Waals surface area contributed by atoms with Crippen molar-refractivity contribution < 1.29 is 14.6 Å². The fourth-order valence-corrected chi connectivity index (χ4v) is 4.98. The van der Waals surface area contributed by atoms with E-state index in [0.717, 1.165) is 17.5 Å². The number of aromatic hydroxyl groups is 1. The molecule has 0 spiro atoms. The number of phenols is 1. The minimum absolute atomic E-state index is 0.00681. The second-order valence-electron chi connectivity index (χ2n) is 13.6. The Bertz CT molecular complexity index is 1080. The lowest BCUT2D eigenvalue weighted by Crippen LogP contribution is -2.33. The van der Waals surface area contributed by atoms with Crippen LogP contribution in [-0.2, 0) is 22.0 Å². The Morgan fingerprint density at radius 3 is 2.00 bits per heavy atom. The predicted molar refractivity (Wildman–Crippen MR) is 152 cm³/mol. The molecule has 0 unspecified atom stereocenters. The van der Waals surface area contributed by atoms with E-state index in [-0.39, 0.29) is 46.3 Å². The number of benzene rings is 2.